The van der Waals surface area contributed by atoms with Crippen LogP contribution >= 0.6 is 0 Å². The Morgan fingerprint density at radius 2 is 1.52 bits per heavy atom. The van der Waals surface area contributed by atoms with Crippen molar-refractivity contribution < 1.29 is 13.4 Å². The van der Waals surface area contributed by atoms with Gasteiger partial charge in [0.2, 0.25) is 5.82 Å². The molecule has 124 valence electrons. The van der Waals surface area contributed by atoms with Crippen LogP contribution in [-0.4, -0.2) is 20.3 Å². The summed E-state index contributed by atoms with van der Waals surface area (Å²) in [4.78, 5) is 8.54. The first-order valence-corrected chi connectivity index (χ1v) is 7.65. The smallest absolute Gasteiger partial charge is 0.316 e. The zero-order valence-corrected chi connectivity index (χ0v) is 13.3. The van der Waals surface area contributed by atoms with E-state index in [0.717, 1.165) is 16.7 Å². The van der Waals surface area contributed by atoms with Gasteiger partial charge < -0.3 is 9.05 Å². The average molecular weight is 336 g/mol. The predicted molar refractivity (Wildman–Crippen MR) is 87.0 cm³/mol. The van der Waals surface area contributed by atoms with Crippen molar-refractivity contribution in [2.45, 2.75) is 13.3 Å². The molecule has 0 saturated carbocycles. The van der Waals surface area contributed by atoms with Gasteiger partial charge in [0.05, 0.1) is 0 Å². The maximum absolute atomic E-state index is 12.9. The number of halogens is 1. The molecule has 0 aliphatic heterocycles. The van der Waals surface area contributed by atoms with E-state index in [1.54, 1.807) is 12.1 Å². The molecule has 7 heteroatoms. The zero-order chi connectivity index (χ0) is 17.2. The normalized spacial score (nSPS) is 11.0. The Kier molecular flexibility index (Phi) is 3.81. The van der Waals surface area contributed by atoms with Crippen LogP contribution in [0.15, 0.2) is 57.6 Å². The summed E-state index contributed by atoms with van der Waals surface area (Å²) < 4.78 is 23.3. The van der Waals surface area contributed by atoms with Crippen molar-refractivity contribution in [3.8, 4) is 23.2 Å². The third-order valence-corrected chi connectivity index (χ3v) is 3.66. The number of hydrogen-bond donors (Lipinski definition) is 0. The lowest BCUT2D eigenvalue weighted by molar-refractivity contribution is 0.380. The van der Waals surface area contributed by atoms with Crippen LogP contribution in [0.2, 0.25) is 0 Å². The van der Waals surface area contributed by atoms with Gasteiger partial charge in [-0.1, -0.05) is 52.3 Å². The Bertz CT molecular complexity index is 991. The van der Waals surface area contributed by atoms with Crippen LogP contribution in [0.3, 0.4) is 0 Å². The van der Waals surface area contributed by atoms with Gasteiger partial charge in [-0.05, 0) is 24.6 Å². The van der Waals surface area contributed by atoms with Crippen molar-refractivity contribution in [3.63, 3.8) is 0 Å². The van der Waals surface area contributed by atoms with Crippen LogP contribution in [0.5, 0.6) is 0 Å². The molecule has 2 heterocycles. The zero-order valence-electron chi connectivity index (χ0n) is 13.3. The van der Waals surface area contributed by atoms with E-state index >= 15 is 0 Å². The van der Waals surface area contributed by atoms with Crippen molar-refractivity contribution >= 4 is 0 Å². The standard InChI is InChI=1S/C18H13FN4O2/c1-11-2-6-13(7-3-11)16-21-18(25-23-16)17-20-15(22-24-17)10-12-4-8-14(19)9-5-12/h2-9H,10H2,1H3. The fourth-order valence-corrected chi connectivity index (χ4v) is 2.33. The molecule has 0 amide bonds. The van der Waals surface area contributed by atoms with Gasteiger partial charge in [0, 0.05) is 12.0 Å². The van der Waals surface area contributed by atoms with Crippen molar-refractivity contribution in [1.82, 2.24) is 20.3 Å². The Morgan fingerprint density at radius 1 is 0.840 bits per heavy atom. The lowest BCUT2D eigenvalue weighted by atomic mass is 10.1. The maximum atomic E-state index is 12.9. The number of hydrogen-bond acceptors (Lipinski definition) is 6. The lowest BCUT2D eigenvalue weighted by Crippen LogP contribution is -1.91. The van der Waals surface area contributed by atoms with E-state index in [0.29, 0.717) is 18.1 Å². The van der Waals surface area contributed by atoms with Gasteiger partial charge in [0.15, 0.2) is 5.82 Å². The predicted octanol–water partition coefficient (Wildman–Crippen LogP) is 3.82. The van der Waals surface area contributed by atoms with E-state index in [1.807, 2.05) is 31.2 Å². The molecular formula is C18H13FN4O2. The molecule has 4 aromatic rings. The summed E-state index contributed by atoms with van der Waals surface area (Å²) in [7, 11) is 0. The number of aryl methyl sites for hydroxylation is 1. The summed E-state index contributed by atoms with van der Waals surface area (Å²) in [5.74, 6) is 0.938. The topological polar surface area (TPSA) is 77.8 Å². The highest BCUT2D eigenvalue weighted by molar-refractivity contribution is 5.56. The number of nitrogens with zero attached hydrogens (tertiary/aromatic N) is 4. The van der Waals surface area contributed by atoms with Crippen LogP contribution in [0.1, 0.15) is 17.0 Å². The van der Waals surface area contributed by atoms with Crippen molar-refractivity contribution in [2.75, 3.05) is 0 Å². The third kappa shape index (κ3) is 3.30. The molecule has 0 unspecified atom stereocenters. The second kappa shape index (κ2) is 6.27. The van der Waals surface area contributed by atoms with Gasteiger partial charge in [-0.2, -0.15) is 9.97 Å². The molecule has 4 rings (SSSR count). The summed E-state index contributed by atoms with van der Waals surface area (Å²) in [6, 6.07) is 13.9. The number of benzene rings is 2. The minimum Gasteiger partial charge on any atom is -0.329 e. The molecular weight excluding hydrogens is 323 g/mol. The first-order chi connectivity index (χ1) is 12.2. The Hall–Kier alpha value is -3.35. The van der Waals surface area contributed by atoms with E-state index in [9.17, 15) is 4.39 Å². The number of aromatic nitrogens is 4. The van der Waals surface area contributed by atoms with Crippen LogP contribution in [0, 0.1) is 12.7 Å². The molecule has 0 radical (unpaired) electrons. The number of rotatable bonds is 4. The molecule has 0 spiro atoms. The minimum absolute atomic E-state index is 0.156. The van der Waals surface area contributed by atoms with Gasteiger partial charge in [0.25, 0.3) is 0 Å². The van der Waals surface area contributed by atoms with E-state index in [4.69, 9.17) is 9.05 Å². The summed E-state index contributed by atoms with van der Waals surface area (Å²) in [6.45, 7) is 2.01. The molecule has 25 heavy (non-hydrogen) atoms. The van der Waals surface area contributed by atoms with E-state index < -0.39 is 0 Å². The Morgan fingerprint density at radius 3 is 2.28 bits per heavy atom. The SMILES string of the molecule is Cc1ccc(-c2noc(-c3nc(Cc4ccc(F)cc4)no3)n2)cc1. The van der Waals surface area contributed by atoms with Crippen molar-refractivity contribution in [3.05, 3.63) is 71.3 Å². The third-order valence-electron chi connectivity index (χ3n) is 3.66. The molecule has 0 fully saturated rings. The van der Waals surface area contributed by atoms with Crippen LogP contribution in [0.25, 0.3) is 23.2 Å². The van der Waals surface area contributed by atoms with Crippen LogP contribution < -0.4 is 0 Å². The Labute approximate surface area is 142 Å². The van der Waals surface area contributed by atoms with E-state index in [1.165, 1.54) is 12.1 Å². The van der Waals surface area contributed by atoms with Crippen LogP contribution in [0.4, 0.5) is 4.39 Å². The second-order valence-electron chi connectivity index (χ2n) is 5.61. The van der Waals surface area contributed by atoms with Gasteiger partial charge in [-0.3, -0.25) is 0 Å². The van der Waals surface area contributed by atoms with Crippen molar-refractivity contribution in [2.24, 2.45) is 0 Å². The highest BCUT2D eigenvalue weighted by Crippen LogP contribution is 2.21. The molecule has 0 aliphatic carbocycles. The van der Waals surface area contributed by atoms with Gasteiger partial charge in [-0.25, -0.2) is 4.39 Å². The summed E-state index contributed by atoms with van der Waals surface area (Å²) >= 11 is 0. The van der Waals surface area contributed by atoms with E-state index in [-0.39, 0.29) is 17.6 Å². The quantitative estimate of drug-likeness (QED) is 0.564. The molecule has 0 saturated heterocycles. The summed E-state index contributed by atoms with van der Waals surface area (Å²) in [6.07, 6.45) is 0.419. The first-order valence-electron chi connectivity index (χ1n) is 7.65. The minimum atomic E-state index is -0.285. The average Bonchev–Trinajstić information content (AvgIpc) is 3.27. The molecule has 0 aliphatic rings. The molecule has 2 aromatic heterocycles. The maximum Gasteiger partial charge on any atom is 0.316 e. The largest absolute Gasteiger partial charge is 0.329 e. The van der Waals surface area contributed by atoms with Gasteiger partial charge in [0.1, 0.15) is 5.82 Å². The second-order valence-corrected chi connectivity index (χ2v) is 5.61. The molecule has 0 bridgehead atoms. The fraction of sp³-hybridized carbons (Fsp3) is 0.111. The highest BCUT2D eigenvalue weighted by Gasteiger charge is 2.17. The van der Waals surface area contributed by atoms with Gasteiger partial charge >= 0.3 is 11.8 Å². The summed E-state index contributed by atoms with van der Waals surface area (Å²) in [5, 5.41) is 7.84. The molecule has 2 aromatic carbocycles. The van der Waals surface area contributed by atoms with Crippen LogP contribution in [-0.2, 0) is 6.42 Å². The summed E-state index contributed by atoms with van der Waals surface area (Å²) in [5.41, 5.74) is 2.86. The highest BCUT2D eigenvalue weighted by atomic mass is 19.1. The molecule has 0 atom stereocenters. The molecule has 6 nitrogen and oxygen atoms in total. The van der Waals surface area contributed by atoms with Crippen molar-refractivity contribution in [1.29, 1.82) is 0 Å². The molecule has 0 N–H and O–H groups in total. The van der Waals surface area contributed by atoms with E-state index in [2.05, 4.69) is 20.3 Å². The Balaban J connectivity index is 1.54. The van der Waals surface area contributed by atoms with Gasteiger partial charge in [-0.15, -0.1) is 0 Å². The fourth-order valence-electron chi connectivity index (χ4n) is 2.33. The monoisotopic (exact) mass is 336 g/mol. The first kappa shape index (κ1) is 15.2. The lowest BCUT2D eigenvalue weighted by Gasteiger charge is -1.95.